The largest absolute Gasteiger partial charge is 0.392 e. The summed E-state index contributed by atoms with van der Waals surface area (Å²) in [7, 11) is 0. The zero-order chi connectivity index (χ0) is 8.55. The molecule has 12 heavy (non-hydrogen) atoms. The van der Waals surface area contributed by atoms with Crippen molar-refractivity contribution in [1.82, 2.24) is 0 Å². The summed E-state index contributed by atoms with van der Waals surface area (Å²) in [6.45, 7) is 2.27. The highest BCUT2D eigenvalue weighted by molar-refractivity contribution is 5.66. The van der Waals surface area contributed by atoms with E-state index in [1.165, 1.54) is 16.7 Å². The van der Waals surface area contributed by atoms with Crippen molar-refractivity contribution in [3.63, 3.8) is 0 Å². The van der Waals surface area contributed by atoms with Gasteiger partial charge in [0.05, 0.1) is 6.61 Å². The third-order valence-corrected chi connectivity index (χ3v) is 2.32. The molecular weight excluding hydrogens is 148 g/mol. The molecule has 0 saturated heterocycles. The van der Waals surface area contributed by atoms with Gasteiger partial charge in [-0.25, -0.2) is 0 Å². The SMILES string of the molecule is CC1=Cc2c(CO)cccc2C1. The number of hydrogen-bond donors (Lipinski definition) is 1. The molecule has 0 radical (unpaired) electrons. The van der Waals surface area contributed by atoms with E-state index in [9.17, 15) is 0 Å². The minimum Gasteiger partial charge on any atom is -0.392 e. The van der Waals surface area contributed by atoms with Crippen LogP contribution in [0.1, 0.15) is 23.6 Å². The Morgan fingerprint density at radius 2 is 2.25 bits per heavy atom. The second-order valence-electron chi connectivity index (χ2n) is 3.32. The van der Waals surface area contributed by atoms with Gasteiger partial charge >= 0.3 is 0 Å². The Hall–Kier alpha value is -1.08. The molecule has 0 amide bonds. The van der Waals surface area contributed by atoms with Gasteiger partial charge in [0.2, 0.25) is 0 Å². The highest BCUT2D eigenvalue weighted by atomic mass is 16.3. The predicted molar refractivity (Wildman–Crippen MR) is 49.7 cm³/mol. The Morgan fingerprint density at radius 3 is 3.00 bits per heavy atom. The number of hydrogen-bond acceptors (Lipinski definition) is 1. The molecule has 1 heteroatoms. The third kappa shape index (κ3) is 1.07. The highest BCUT2D eigenvalue weighted by Gasteiger charge is 2.11. The summed E-state index contributed by atoms with van der Waals surface area (Å²) >= 11 is 0. The summed E-state index contributed by atoms with van der Waals surface area (Å²) in [6.07, 6.45) is 3.21. The maximum absolute atomic E-state index is 9.06. The van der Waals surface area contributed by atoms with Crippen LogP contribution in [0, 0.1) is 0 Å². The van der Waals surface area contributed by atoms with E-state index in [1.807, 2.05) is 12.1 Å². The predicted octanol–water partition coefficient (Wildman–Crippen LogP) is 2.14. The van der Waals surface area contributed by atoms with Crippen LogP contribution < -0.4 is 0 Å². The minimum atomic E-state index is 0.146. The van der Waals surface area contributed by atoms with Gasteiger partial charge in [-0.1, -0.05) is 29.8 Å². The van der Waals surface area contributed by atoms with E-state index >= 15 is 0 Å². The lowest BCUT2D eigenvalue weighted by Gasteiger charge is -2.02. The van der Waals surface area contributed by atoms with Gasteiger partial charge < -0.3 is 5.11 Å². The molecule has 0 heterocycles. The Kier molecular flexibility index (Phi) is 1.74. The van der Waals surface area contributed by atoms with Gasteiger partial charge in [0.1, 0.15) is 0 Å². The molecule has 0 atom stereocenters. The number of aliphatic hydroxyl groups is 1. The lowest BCUT2D eigenvalue weighted by atomic mass is 10.0. The lowest BCUT2D eigenvalue weighted by molar-refractivity contribution is 0.281. The number of allylic oxidation sites excluding steroid dienone is 1. The fourth-order valence-electron chi connectivity index (χ4n) is 1.74. The number of fused-ring (bicyclic) bond motifs is 1. The molecule has 1 aliphatic rings. The molecule has 1 aromatic rings. The number of aliphatic hydroxyl groups excluding tert-OH is 1. The molecule has 1 nitrogen and oxygen atoms in total. The first-order chi connectivity index (χ1) is 5.81. The van der Waals surface area contributed by atoms with E-state index in [0.29, 0.717) is 0 Å². The zero-order valence-corrected chi connectivity index (χ0v) is 7.17. The van der Waals surface area contributed by atoms with Crippen LogP contribution in [0.25, 0.3) is 6.08 Å². The average molecular weight is 160 g/mol. The Morgan fingerprint density at radius 1 is 1.42 bits per heavy atom. The van der Waals surface area contributed by atoms with Gasteiger partial charge in [-0.3, -0.25) is 0 Å². The van der Waals surface area contributed by atoms with Crippen molar-refractivity contribution in [1.29, 1.82) is 0 Å². The van der Waals surface area contributed by atoms with Crippen LogP contribution in [-0.2, 0) is 13.0 Å². The summed E-state index contributed by atoms with van der Waals surface area (Å²) in [5.41, 5.74) is 5.01. The maximum Gasteiger partial charge on any atom is 0.0687 e. The van der Waals surface area contributed by atoms with Gasteiger partial charge in [0, 0.05) is 0 Å². The summed E-state index contributed by atoms with van der Waals surface area (Å²) in [5, 5.41) is 9.06. The first kappa shape index (κ1) is 7.56. The van der Waals surface area contributed by atoms with Crippen LogP contribution in [0.5, 0.6) is 0 Å². The topological polar surface area (TPSA) is 20.2 Å². The summed E-state index contributed by atoms with van der Waals surface area (Å²) in [6, 6.07) is 6.12. The average Bonchev–Trinajstić information content (AvgIpc) is 2.44. The van der Waals surface area contributed by atoms with Crippen LogP contribution in [0.4, 0.5) is 0 Å². The fourth-order valence-corrected chi connectivity index (χ4v) is 1.74. The van der Waals surface area contributed by atoms with Crippen molar-refractivity contribution in [3.8, 4) is 0 Å². The Labute approximate surface area is 72.4 Å². The molecule has 1 aromatic carbocycles. The van der Waals surface area contributed by atoms with Crippen LogP contribution in [-0.4, -0.2) is 5.11 Å². The number of rotatable bonds is 1. The minimum absolute atomic E-state index is 0.146. The summed E-state index contributed by atoms with van der Waals surface area (Å²) in [5.74, 6) is 0. The van der Waals surface area contributed by atoms with E-state index in [-0.39, 0.29) is 6.61 Å². The van der Waals surface area contributed by atoms with Crippen molar-refractivity contribution in [3.05, 3.63) is 40.5 Å². The van der Waals surface area contributed by atoms with E-state index in [2.05, 4.69) is 19.1 Å². The molecule has 0 fully saturated rings. The second kappa shape index (κ2) is 2.76. The first-order valence-electron chi connectivity index (χ1n) is 4.20. The summed E-state index contributed by atoms with van der Waals surface area (Å²) in [4.78, 5) is 0. The molecule has 0 aliphatic heterocycles. The van der Waals surface area contributed by atoms with Gasteiger partial charge in [-0.15, -0.1) is 0 Å². The third-order valence-electron chi connectivity index (χ3n) is 2.32. The van der Waals surface area contributed by atoms with Gasteiger partial charge in [-0.2, -0.15) is 0 Å². The van der Waals surface area contributed by atoms with E-state index in [1.54, 1.807) is 0 Å². The van der Waals surface area contributed by atoms with E-state index in [0.717, 1.165) is 12.0 Å². The molecule has 1 aliphatic carbocycles. The Bertz CT molecular complexity index is 337. The molecule has 0 bridgehead atoms. The van der Waals surface area contributed by atoms with Crippen LogP contribution in [0.15, 0.2) is 23.8 Å². The van der Waals surface area contributed by atoms with Crippen LogP contribution in [0.3, 0.4) is 0 Å². The van der Waals surface area contributed by atoms with Gasteiger partial charge in [0.15, 0.2) is 0 Å². The standard InChI is InChI=1S/C11H12O/c1-8-5-9-3-2-4-10(7-12)11(9)6-8/h2-4,6,12H,5,7H2,1H3. The molecule has 0 spiro atoms. The Balaban J connectivity index is 2.55. The van der Waals surface area contributed by atoms with Crippen LogP contribution >= 0.6 is 0 Å². The van der Waals surface area contributed by atoms with Crippen molar-refractivity contribution < 1.29 is 5.11 Å². The summed E-state index contributed by atoms with van der Waals surface area (Å²) < 4.78 is 0. The second-order valence-corrected chi connectivity index (χ2v) is 3.32. The van der Waals surface area contributed by atoms with Crippen molar-refractivity contribution in [2.45, 2.75) is 20.0 Å². The van der Waals surface area contributed by atoms with E-state index in [4.69, 9.17) is 5.11 Å². The molecule has 0 saturated carbocycles. The van der Waals surface area contributed by atoms with Gasteiger partial charge in [0.25, 0.3) is 0 Å². The van der Waals surface area contributed by atoms with Crippen LogP contribution in [0.2, 0.25) is 0 Å². The molecule has 2 rings (SSSR count). The monoisotopic (exact) mass is 160 g/mol. The van der Waals surface area contributed by atoms with E-state index < -0.39 is 0 Å². The molecule has 0 aromatic heterocycles. The zero-order valence-electron chi connectivity index (χ0n) is 7.17. The lowest BCUT2D eigenvalue weighted by Crippen LogP contribution is -1.90. The molecule has 62 valence electrons. The molecule has 0 unspecified atom stereocenters. The highest BCUT2D eigenvalue weighted by Crippen LogP contribution is 2.27. The first-order valence-corrected chi connectivity index (χ1v) is 4.20. The molecular formula is C11H12O. The normalized spacial score (nSPS) is 14.3. The maximum atomic E-state index is 9.06. The van der Waals surface area contributed by atoms with Crippen molar-refractivity contribution in [2.75, 3.05) is 0 Å². The number of benzene rings is 1. The molecule has 1 N–H and O–H groups in total. The van der Waals surface area contributed by atoms with Crippen molar-refractivity contribution in [2.24, 2.45) is 0 Å². The smallest absolute Gasteiger partial charge is 0.0687 e. The fraction of sp³-hybridized carbons (Fsp3) is 0.273. The van der Waals surface area contributed by atoms with Gasteiger partial charge in [-0.05, 0) is 30.0 Å². The quantitative estimate of drug-likeness (QED) is 0.667. The van der Waals surface area contributed by atoms with Crippen molar-refractivity contribution >= 4 is 6.08 Å².